The number of ketones is 1. The first kappa shape index (κ1) is 31.3. The molecule has 4 heterocycles. The molecular formula is C26H48N4O7. The van der Waals surface area contributed by atoms with Crippen molar-refractivity contribution < 1.29 is 33.3 Å². The van der Waals surface area contributed by atoms with E-state index in [1.165, 1.54) is 0 Å². The minimum absolute atomic E-state index is 0.137. The Hall–Kier alpha value is -1.95. The molecule has 4 fully saturated rings. The molecule has 4 rings (SSSR count). The number of ether oxygens (including phenoxy) is 4. The molecule has 0 atom stereocenters. The third kappa shape index (κ3) is 12.9. The minimum Gasteiger partial charge on any atom is -0.444 e. The maximum absolute atomic E-state index is 11.7. The zero-order valence-electron chi connectivity index (χ0n) is 23.5. The largest absolute Gasteiger partial charge is 0.444 e. The number of hydrogen-bond acceptors (Lipinski definition) is 9. The summed E-state index contributed by atoms with van der Waals surface area (Å²) >= 11 is 0. The lowest BCUT2D eigenvalue weighted by atomic mass is 10.0. The molecule has 0 aromatic heterocycles. The van der Waals surface area contributed by atoms with Crippen molar-refractivity contribution in [2.24, 2.45) is 5.73 Å². The Morgan fingerprint density at radius 1 is 0.784 bits per heavy atom. The van der Waals surface area contributed by atoms with Gasteiger partial charge in [0.1, 0.15) is 17.0 Å². The number of nitrogens with two attached hydrogens (primary N) is 1. The van der Waals surface area contributed by atoms with Crippen LogP contribution in [0.15, 0.2) is 0 Å². The van der Waals surface area contributed by atoms with Crippen LogP contribution in [0.25, 0.3) is 0 Å². The molecule has 11 heteroatoms. The molecule has 4 aliphatic heterocycles. The highest BCUT2D eigenvalue weighted by atomic mass is 16.6. The van der Waals surface area contributed by atoms with Crippen molar-refractivity contribution in [2.45, 2.75) is 96.6 Å². The second-order valence-electron chi connectivity index (χ2n) is 11.9. The molecule has 37 heavy (non-hydrogen) atoms. The van der Waals surface area contributed by atoms with E-state index in [0.29, 0.717) is 57.0 Å². The highest BCUT2D eigenvalue weighted by molar-refractivity contribution is 5.79. The Kier molecular flexibility index (Phi) is 12.1. The molecule has 11 nitrogen and oxygen atoms in total. The lowest BCUT2D eigenvalue weighted by Gasteiger charge is -2.42. The summed E-state index contributed by atoms with van der Waals surface area (Å²) in [5.41, 5.74) is 4.71. The van der Waals surface area contributed by atoms with Crippen LogP contribution in [0.3, 0.4) is 0 Å². The van der Waals surface area contributed by atoms with Crippen LogP contribution in [0.2, 0.25) is 0 Å². The summed E-state index contributed by atoms with van der Waals surface area (Å²) < 4.78 is 20.7. The van der Waals surface area contributed by atoms with E-state index < -0.39 is 11.2 Å². The third-order valence-corrected chi connectivity index (χ3v) is 5.84. The molecule has 0 radical (unpaired) electrons. The van der Waals surface area contributed by atoms with Gasteiger partial charge in [-0.15, -0.1) is 0 Å². The minimum atomic E-state index is -0.406. The molecule has 2 amide bonds. The molecule has 214 valence electrons. The van der Waals surface area contributed by atoms with E-state index in [1.54, 1.807) is 9.80 Å². The van der Waals surface area contributed by atoms with Crippen LogP contribution in [0, 0.1) is 0 Å². The Morgan fingerprint density at radius 3 is 1.59 bits per heavy atom. The number of carbonyl (C=O) groups excluding carboxylic acids is 3. The lowest BCUT2D eigenvalue weighted by molar-refractivity contribution is -0.124. The summed E-state index contributed by atoms with van der Waals surface area (Å²) in [6, 6.07) is 1.10. The topological polar surface area (TPSA) is 133 Å². The van der Waals surface area contributed by atoms with Gasteiger partial charge in [-0.25, -0.2) is 9.59 Å². The van der Waals surface area contributed by atoms with Crippen LogP contribution in [0.1, 0.15) is 67.2 Å². The van der Waals surface area contributed by atoms with Crippen molar-refractivity contribution >= 4 is 18.0 Å². The summed E-state index contributed by atoms with van der Waals surface area (Å²) in [5, 5.41) is 3.57. The summed E-state index contributed by atoms with van der Waals surface area (Å²) in [5.74, 6) is 0.339. The average Bonchev–Trinajstić information content (AvgIpc) is 2.73. The smallest absolute Gasteiger partial charge is 0.410 e. The second kappa shape index (κ2) is 14.3. The van der Waals surface area contributed by atoms with E-state index in [2.05, 4.69) is 5.32 Å². The average molecular weight is 529 g/mol. The van der Waals surface area contributed by atoms with E-state index in [0.717, 1.165) is 39.1 Å². The highest BCUT2D eigenvalue weighted by Gasteiger charge is 2.35. The van der Waals surface area contributed by atoms with E-state index >= 15 is 0 Å². The summed E-state index contributed by atoms with van der Waals surface area (Å²) in [6.45, 7) is 17.0. The van der Waals surface area contributed by atoms with Crippen LogP contribution in [-0.4, -0.2) is 110 Å². The normalized spacial score (nSPS) is 21.4. The number of nitrogens with one attached hydrogen (secondary N) is 1. The quantitative estimate of drug-likeness (QED) is 0.554. The van der Waals surface area contributed by atoms with Gasteiger partial charge in [-0.1, -0.05) is 0 Å². The van der Waals surface area contributed by atoms with E-state index in [-0.39, 0.29) is 18.2 Å². The highest BCUT2D eigenvalue weighted by Crippen LogP contribution is 2.17. The third-order valence-electron chi connectivity index (χ3n) is 5.84. The molecule has 0 aliphatic carbocycles. The number of Topliss-reactive ketones (excluding diaryl/α,β-unsaturated/α-hetero) is 1. The Bertz CT molecular complexity index is 724. The van der Waals surface area contributed by atoms with E-state index in [1.807, 2.05) is 41.5 Å². The molecule has 0 saturated carbocycles. The first-order chi connectivity index (χ1) is 17.2. The van der Waals surface area contributed by atoms with Crippen LogP contribution >= 0.6 is 0 Å². The van der Waals surface area contributed by atoms with Gasteiger partial charge in [0.05, 0.1) is 13.2 Å². The van der Waals surface area contributed by atoms with Gasteiger partial charge in [0.25, 0.3) is 0 Å². The number of hydrogen-bond donors (Lipinski definition) is 2. The van der Waals surface area contributed by atoms with Crippen molar-refractivity contribution in [2.75, 3.05) is 52.6 Å². The Balaban J connectivity index is 0.000000217. The van der Waals surface area contributed by atoms with Gasteiger partial charge < -0.3 is 39.8 Å². The van der Waals surface area contributed by atoms with Crippen LogP contribution in [0.5, 0.6) is 0 Å². The van der Waals surface area contributed by atoms with E-state index in [4.69, 9.17) is 24.7 Å². The van der Waals surface area contributed by atoms with Gasteiger partial charge >= 0.3 is 12.2 Å². The molecule has 3 N–H and O–H groups in total. The van der Waals surface area contributed by atoms with Crippen LogP contribution in [-0.2, 0) is 23.7 Å². The van der Waals surface area contributed by atoms with Crippen molar-refractivity contribution in [1.29, 1.82) is 0 Å². The lowest BCUT2D eigenvalue weighted by Crippen LogP contribution is -2.62. The number of carbonyl (C=O) groups is 3. The molecule has 0 aromatic rings. The predicted molar refractivity (Wildman–Crippen MR) is 139 cm³/mol. The molecule has 0 bridgehead atoms. The maximum atomic E-state index is 11.7. The molecular weight excluding hydrogens is 480 g/mol. The van der Waals surface area contributed by atoms with Gasteiger partial charge in [-0.05, 0) is 54.4 Å². The van der Waals surface area contributed by atoms with Crippen LogP contribution in [0.4, 0.5) is 9.59 Å². The first-order valence-electron chi connectivity index (χ1n) is 13.4. The Labute approximate surface area is 221 Å². The summed E-state index contributed by atoms with van der Waals surface area (Å²) in [7, 11) is 0. The molecule has 0 aromatic carbocycles. The second-order valence-corrected chi connectivity index (χ2v) is 11.9. The van der Waals surface area contributed by atoms with Gasteiger partial charge in [0.2, 0.25) is 0 Å². The molecule has 4 aliphatic rings. The maximum Gasteiger partial charge on any atom is 0.410 e. The fourth-order valence-electron chi connectivity index (χ4n) is 3.84. The first-order valence-corrected chi connectivity index (χ1v) is 13.4. The number of likely N-dealkylation sites (tertiary alicyclic amines) is 2. The van der Waals surface area contributed by atoms with Crippen molar-refractivity contribution in [1.82, 2.24) is 15.1 Å². The van der Waals surface area contributed by atoms with Gasteiger partial charge in [-0.2, -0.15) is 0 Å². The molecule has 0 spiro atoms. The van der Waals surface area contributed by atoms with Crippen molar-refractivity contribution in [3.63, 3.8) is 0 Å². The summed E-state index contributed by atoms with van der Waals surface area (Å²) in [6.07, 6.45) is 2.93. The zero-order chi connectivity index (χ0) is 27.6. The standard InChI is InChI=1S/C13H24N2O3.C8H16N2O2.C5H8O2/c1-13(2,3)18-12(16)15-8-11(9-15)14-10-4-6-17-7-5-10;1-8(2,3)12-7(11)10-4-6(9)5-10;6-5-1-3-7-4-2-5/h10-11,14H,4-9H2,1-3H3;6H,4-5,9H2,1-3H3;1-4H2. The van der Waals surface area contributed by atoms with Crippen molar-refractivity contribution in [3.8, 4) is 0 Å². The predicted octanol–water partition coefficient (Wildman–Crippen LogP) is 2.30. The van der Waals surface area contributed by atoms with Crippen LogP contribution < -0.4 is 11.1 Å². The monoisotopic (exact) mass is 528 g/mol. The van der Waals surface area contributed by atoms with Gasteiger partial charge in [-0.3, -0.25) is 4.79 Å². The molecule has 0 unspecified atom stereocenters. The number of rotatable bonds is 2. The van der Waals surface area contributed by atoms with Gasteiger partial charge in [0, 0.05) is 70.4 Å². The Morgan fingerprint density at radius 2 is 1.22 bits per heavy atom. The van der Waals surface area contributed by atoms with Gasteiger partial charge in [0.15, 0.2) is 0 Å². The fraction of sp³-hybridized carbons (Fsp3) is 0.885. The SMILES string of the molecule is CC(C)(C)OC(=O)N1CC(N)C1.CC(C)(C)OC(=O)N1CC(NC2CCOCC2)C1.O=C1CCOCC1. The van der Waals surface area contributed by atoms with Crippen molar-refractivity contribution in [3.05, 3.63) is 0 Å². The number of amides is 2. The molecule has 4 saturated heterocycles. The zero-order valence-corrected chi connectivity index (χ0v) is 23.5. The fourth-order valence-corrected chi connectivity index (χ4v) is 3.84. The summed E-state index contributed by atoms with van der Waals surface area (Å²) in [4.78, 5) is 36.7. The number of nitrogens with zero attached hydrogens (tertiary/aromatic N) is 2. The van der Waals surface area contributed by atoms with E-state index in [9.17, 15) is 14.4 Å².